The van der Waals surface area contributed by atoms with Gasteiger partial charge in [-0.25, -0.2) is 13.2 Å². The van der Waals surface area contributed by atoms with Gasteiger partial charge in [0.05, 0.1) is 4.90 Å². The zero-order valence-corrected chi connectivity index (χ0v) is 14.5. The standard InChI is InChI=1S/C15H22N2O5S/c1-5-17(6-2)23(21,22)13-9-7-8-12(10-13)14(18)16(4)11(3)15(19)20/h7-11H,5-6H2,1-4H3,(H,19,20). The number of carbonyl (C=O) groups excluding carboxylic acids is 1. The maximum Gasteiger partial charge on any atom is 0.326 e. The highest BCUT2D eigenvalue weighted by atomic mass is 32.2. The van der Waals surface area contributed by atoms with Gasteiger partial charge in [-0.1, -0.05) is 19.9 Å². The Balaban J connectivity index is 3.20. The lowest BCUT2D eigenvalue weighted by Gasteiger charge is -2.22. The first-order valence-electron chi connectivity index (χ1n) is 7.26. The molecule has 0 radical (unpaired) electrons. The Bertz CT molecular complexity index is 683. The van der Waals surface area contributed by atoms with Crippen molar-refractivity contribution < 1.29 is 23.1 Å². The third-order valence-corrected chi connectivity index (χ3v) is 5.73. The molecule has 0 spiro atoms. The Labute approximate surface area is 136 Å². The fourth-order valence-corrected chi connectivity index (χ4v) is 3.55. The monoisotopic (exact) mass is 342 g/mol. The van der Waals surface area contributed by atoms with E-state index in [2.05, 4.69) is 0 Å². The molecule has 7 nitrogen and oxygen atoms in total. The van der Waals surface area contributed by atoms with Crippen LogP contribution in [-0.4, -0.2) is 60.8 Å². The number of nitrogens with zero attached hydrogens (tertiary/aromatic N) is 2. The number of carboxylic acids is 1. The Morgan fingerprint density at radius 2 is 1.78 bits per heavy atom. The van der Waals surface area contributed by atoms with Crippen LogP contribution in [0.4, 0.5) is 0 Å². The van der Waals surface area contributed by atoms with Crippen LogP contribution in [0.2, 0.25) is 0 Å². The van der Waals surface area contributed by atoms with Gasteiger partial charge in [0.25, 0.3) is 5.91 Å². The molecule has 1 unspecified atom stereocenters. The lowest BCUT2D eigenvalue weighted by Crippen LogP contribution is -2.40. The number of aliphatic carboxylic acids is 1. The fourth-order valence-electron chi connectivity index (χ4n) is 2.05. The number of likely N-dealkylation sites (N-methyl/N-ethyl adjacent to an activating group) is 1. The minimum Gasteiger partial charge on any atom is -0.480 e. The van der Waals surface area contributed by atoms with E-state index >= 15 is 0 Å². The minimum atomic E-state index is -3.67. The molecule has 1 aromatic rings. The van der Waals surface area contributed by atoms with Gasteiger partial charge >= 0.3 is 5.97 Å². The van der Waals surface area contributed by atoms with Crippen molar-refractivity contribution in [1.82, 2.24) is 9.21 Å². The molecule has 128 valence electrons. The van der Waals surface area contributed by atoms with E-state index in [9.17, 15) is 18.0 Å². The van der Waals surface area contributed by atoms with Crippen LogP contribution in [0.15, 0.2) is 29.2 Å². The number of hydrogen-bond donors (Lipinski definition) is 1. The first-order chi connectivity index (χ1) is 10.7. The number of carboxylic acid groups (broad SMARTS) is 1. The minimum absolute atomic E-state index is 0.0171. The summed E-state index contributed by atoms with van der Waals surface area (Å²) in [5, 5.41) is 8.97. The summed E-state index contributed by atoms with van der Waals surface area (Å²) in [4.78, 5) is 24.4. The van der Waals surface area contributed by atoms with Gasteiger partial charge in [-0.2, -0.15) is 4.31 Å². The summed E-state index contributed by atoms with van der Waals surface area (Å²) >= 11 is 0. The molecular formula is C15H22N2O5S. The van der Waals surface area contributed by atoms with Crippen molar-refractivity contribution in [3.8, 4) is 0 Å². The van der Waals surface area contributed by atoms with E-state index in [1.54, 1.807) is 13.8 Å². The normalized spacial score (nSPS) is 12.9. The Morgan fingerprint density at radius 1 is 1.22 bits per heavy atom. The van der Waals surface area contributed by atoms with Crippen LogP contribution in [0.1, 0.15) is 31.1 Å². The zero-order chi connectivity index (χ0) is 17.8. The van der Waals surface area contributed by atoms with E-state index in [1.165, 1.54) is 42.5 Å². The molecule has 0 bridgehead atoms. The van der Waals surface area contributed by atoms with Crippen molar-refractivity contribution in [2.24, 2.45) is 0 Å². The second kappa shape index (κ2) is 7.56. The number of amides is 1. The topological polar surface area (TPSA) is 95.0 Å². The second-order valence-electron chi connectivity index (χ2n) is 5.05. The number of carbonyl (C=O) groups is 2. The van der Waals surface area contributed by atoms with Crippen molar-refractivity contribution >= 4 is 21.9 Å². The molecule has 8 heteroatoms. The van der Waals surface area contributed by atoms with Crippen LogP contribution in [0.25, 0.3) is 0 Å². The Hall–Kier alpha value is -1.93. The molecule has 0 aliphatic heterocycles. The maximum atomic E-state index is 12.5. The smallest absolute Gasteiger partial charge is 0.326 e. The number of sulfonamides is 1. The Morgan fingerprint density at radius 3 is 2.26 bits per heavy atom. The van der Waals surface area contributed by atoms with Gasteiger partial charge < -0.3 is 10.0 Å². The maximum absolute atomic E-state index is 12.5. The highest BCUT2D eigenvalue weighted by molar-refractivity contribution is 7.89. The van der Waals surface area contributed by atoms with Gasteiger partial charge in [-0.3, -0.25) is 4.79 Å². The highest BCUT2D eigenvalue weighted by Crippen LogP contribution is 2.18. The molecule has 1 atom stereocenters. The number of rotatable bonds is 7. The van der Waals surface area contributed by atoms with Crippen molar-refractivity contribution in [2.75, 3.05) is 20.1 Å². The van der Waals surface area contributed by atoms with Crippen LogP contribution in [-0.2, 0) is 14.8 Å². The molecule has 1 N–H and O–H groups in total. The third-order valence-electron chi connectivity index (χ3n) is 3.68. The van der Waals surface area contributed by atoms with E-state index in [1.807, 2.05) is 0 Å². The number of hydrogen-bond acceptors (Lipinski definition) is 4. The SMILES string of the molecule is CCN(CC)S(=O)(=O)c1cccc(C(=O)N(C)C(C)C(=O)O)c1. The molecule has 1 aromatic carbocycles. The average molecular weight is 342 g/mol. The van der Waals surface area contributed by atoms with Gasteiger partial charge in [-0.05, 0) is 25.1 Å². The van der Waals surface area contributed by atoms with E-state index in [4.69, 9.17) is 5.11 Å². The molecular weight excluding hydrogens is 320 g/mol. The zero-order valence-electron chi connectivity index (χ0n) is 13.7. The number of benzene rings is 1. The molecule has 0 fully saturated rings. The first-order valence-corrected chi connectivity index (χ1v) is 8.71. The van der Waals surface area contributed by atoms with E-state index in [-0.39, 0.29) is 10.5 Å². The van der Waals surface area contributed by atoms with Crippen LogP contribution in [0, 0.1) is 0 Å². The molecule has 0 saturated heterocycles. The molecule has 0 aliphatic rings. The quantitative estimate of drug-likeness (QED) is 0.805. The van der Waals surface area contributed by atoms with Gasteiger partial charge in [0.15, 0.2) is 0 Å². The fraction of sp³-hybridized carbons (Fsp3) is 0.467. The molecule has 1 rings (SSSR count). The summed E-state index contributed by atoms with van der Waals surface area (Å²) in [5.74, 6) is -1.68. The van der Waals surface area contributed by atoms with E-state index in [0.29, 0.717) is 13.1 Å². The van der Waals surface area contributed by atoms with E-state index in [0.717, 1.165) is 4.90 Å². The van der Waals surface area contributed by atoms with Gasteiger partial charge in [0.2, 0.25) is 10.0 Å². The Kier molecular flexibility index (Phi) is 6.28. The lowest BCUT2D eigenvalue weighted by atomic mass is 10.2. The molecule has 0 heterocycles. The average Bonchev–Trinajstić information content (AvgIpc) is 2.53. The van der Waals surface area contributed by atoms with E-state index < -0.39 is 27.9 Å². The summed E-state index contributed by atoms with van der Waals surface area (Å²) in [6, 6.07) is 4.63. The molecule has 0 aliphatic carbocycles. The lowest BCUT2D eigenvalue weighted by molar-refractivity contribution is -0.141. The summed E-state index contributed by atoms with van der Waals surface area (Å²) < 4.78 is 26.3. The predicted octanol–water partition coefficient (Wildman–Crippen LogP) is 1.26. The summed E-state index contributed by atoms with van der Waals surface area (Å²) in [6.45, 7) is 5.51. The van der Waals surface area contributed by atoms with Crippen molar-refractivity contribution in [3.63, 3.8) is 0 Å². The second-order valence-corrected chi connectivity index (χ2v) is 6.99. The highest BCUT2D eigenvalue weighted by Gasteiger charge is 2.26. The van der Waals surface area contributed by atoms with Crippen molar-refractivity contribution in [3.05, 3.63) is 29.8 Å². The van der Waals surface area contributed by atoms with Crippen molar-refractivity contribution in [1.29, 1.82) is 0 Å². The van der Waals surface area contributed by atoms with Crippen LogP contribution in [0.3, 0.4) is 0 Å². The van der Waals surface area contributed by atoms with Gasteiger partial charge in [0, 0.05) is 25.7 Å². The molecule has 23 heavy (non-hydrogen) atoms. The van der Waals surface area contributed by atoms with Gasteiger partial charge in [0.1, 0.15) is 6.04 Å². The molecule has 0 aromatic heterocycles. The summed E-state index contributed by atoms with van der Waals surface area (Å²) in [6.07, 6.45) is 0. The third kappa shape index (κ3) is 4.08. The summed E-state index contributed by atoms with van der Waals surface area (Å²) in [5.41, 5.74) is 0.133. The predicted molar refractivity (Wildman–Crippen MR) is 85.7 cm³/mol. The van der Waals surface area contributed by atoms with Crippen molar-refractivity contribution in [2.45, 2.75) is 31.7 Å². The first kappa shape index (κ1) is 19.1. The van der Waals surface area contributed by atoms with Crippen LogP contribution in [0.5, 0.6) is 0 Å². The van der Waals surface area contributed by atoms with Crippen LogP contribution >= 0.6 is 0 Å². The van der Waals surface area contributed by atoms with Crippen LogP contribution < -0.4 is 0 Å². The molecule has 0 saturated carbocycles. The largest absolute Gasteiger partial charge is 0.480 e. The van der Waals surface area contributed by atoms with Gasteiger partial charge in [-0.15, -0.1) is 0 Å². The molecule has 1 amide bonds. The summed E-state index contributed by atoms with van der Waals surface area (Å²) in [7, 11) is -2.31.